The van der Waals surface area contributed by atoms with Crippen molar-refractivity contribution < 1.29 is 10.2 Å². The summed E-state index contributed by atoms with van der Waals surface area (Å²) in [4.78, 5) is 3.47. The first-order chi connectivity index (χ1) is 8.61. The van der Waals surface area contributed by atoms with Crippen LogP contribution in [0.5, 0.6) is 0 Å². The fourth-order valence-corrected chi connectivity index (χ4v) is 2.40. The van der Waals surface area contributed by atoms with E-state index in [1.54, 1.807) is 11.3 Å². The molecule has 1 heterocycles. The molecule has 0 amide bonds. The van der Waals surface area contributed by atoms with Crippen LogP contribution in [0.3, 0.4) is 0 Å². The monoisotopic (exact) mass is 267 g/mol. The Labute approximate surface area is 113 Å². The smallest absolute Gasteiger partial charge is 0.0540 e. The molecule has 1 aromatic rings. The standard InChI is InChI=1S/C14H21NO2S/c1-12(17)6-7-15(2)10-14-9-13(11-18-14)5-3-4-8-16/h9,11-12,16-17H,4,6-8,10H2,1-2H3. The Morgan fingerprint density at radius 2 is 2.28 bits per heavy atom. The summed E-state index contributed by atoms with van der Waals surface area (Å²) in [5.74, 6) is 5.95. The van der Waals surface area contributed by atoms with E-state index in [-0.39, 0.29) is 12.7 Å². The summed E-state index contributed by atoms with van der Waals surface area (Å²) >= 11 is 1.70. The normalized spacial score (nSPS) is 12.3. The number of aliphatic hydroxyl groups is 2. The molecule has 3 nitrogen and oxygen atoms in total. The van der Waals surface area contributed by atoms with Gasteiger partial charge in [0.15, 0.2) is 0 Å². The second-order valence-corrected chi connectivity index (χ2v) is 5.45. The molecule has 0 radical (unpaired) electrons. The summed E-state index contributed by atoms with van der Waals surface area (Å²) in [5, 5.41) is 19.9. The number of hydrogen-bond acceptors (Lipinski definition) is 4. The van der Waals surface area contributed by atoms with Gasteiger partial charge in [-0.05, 0) is 26.5 Å². The summed E-state index contributed by atoms with van der Waals surface area (Å²) in [5.41, 5.74) is 1.02. The molecule has 0 saturated heterocycles. The molecule has 0 aliphatic heterocycles. The van der Waals surface area contributed by atoms with Crippen molar-refractivity contribution in [1.29, 1.82) is 0 Å². The molecule has 2 N–H and O–H groups in total. The van der Waals surface area contributed by atoms with Crippen molar-refractivity contribution in [2.45, 2.75) is 32.4 Å². The minimum absolute atomic E-state index is 0.117. The minimum atomic E-state index is -0.240. The van der Waals surface area contributed by atoms with Gasteiger partial charge in [0, 0.05) is 35.3 Å². The molecule has 100 valence electrons. The Kier molecular flexibility index (Phi) is 6.99. The van der Waals surface area contributed by atoms with Gasteiger partial charge in [0.05, 0.1) is 12.7 Å². The van der Waals surface area contributed by atoms with E-state index in [2.05, 4.69) is 29.9 Å². The highest BCUT2D eigenvalue weighted by atomic mass is 32.1. The molecule has 0 aliphatic carbocycles. The predicted molar refractivity (Wildman–Crippen MR) is 75.5 cm³/mol. The maximum absolute atomic E-state index is 9.23. The van der Waals surface area contributed by atoms with Crippen molar-refractivity contribution in [3.8, 4) is 11.8 Å². The molecule has 0 bridgehead atoms. The Morgan fingerprint density at radius 3 is 2.94 bits per heavy atom. The highest BCUT2D eigenvalue weighted by Crippen LogP contribution is 2.15. The van der Waals surface area contributed by atoms with Gasteiger partial charge in [0.2, 0.25) is 0 Å². The van der Waals surface area contributed by atoms with Crippen molar-refractivity contribution >= 4 is 11.3 Å². The van der Waals surface area contributed by atoms with E-state index in [1.165, 1.54) is 4.88 Å². The Balaban J connectivity index is 2.41. The molecule has 1 rings (SSSR count). The largest absolute Gasteiger partial charge is 0.395 e. The van der Waals surface area contributed by atoms with Crippen molar-refractivity contribution in [3.05, 3.63) is 21.9 Å². The SMILES string of the molecule is CC(O)CCN(C)Cc1cc(C#CCCO)cs1. The number of hydrogen-bond donors (Lipinski definition) is 2. The van der Waals surface area contributed by atoms with Gasteiger partial charge in [-0.1, -0.05) is 11.8 Å². The summed E-state index contributed by atoms with van der Waals surface area (Å²) in [6.07, 6.45) is 1.08. The van der Waals surface area contributed by atoms with Crippen LogP contribution in [0.1, 0.15) is 30.2 Å². The van der Waals surface area contributed by atoms with E-state index in [0.717, 1.165) is 25.1 Å². The number of thiophene rings is 1. The van der Waals surface area contributed by atoms with E-state index in [9.17, 15) is 5.11 Å². The van der Waals surface area contributed by atoms with Crippen LogP contribution in [0.25, 0.3) is 0 Å². The van der Waals surface area contributed by atoms with E-state index in [4.69, 9.17) is 5.11 Å². The van der Waals surface area contributed by atoms with Crippen molar-refractivity contribution in [2.24, 2.45) is 0 Å². The van der Waals surface area contributed by atoms with Crippen LogP contribution in [0.15, 0.2) is 11.4 Å². The number of rotatable bonds is 6. The Bertz CT molecular complexity index is 403. The molecule has 0 spiro atoms. The summed E-state index contributed by atoms with van der Waals surface area (Å²) in [7, 11) is 2.05. The van der Waals surface area contributed by atoms with Crippen LogP contribution in [0, 0.1) is 11.8 Å². The molecule has 1 aromatic heterocycles. The third-order valence-corrected chi connectivity index (χ3v) is 3.40. The zero-order valence-electron chi connectivity index (χ0n) is 11.0. The zero-order valence-corrected chi connectivity index (χ0v) is 11.8. The lowest BCUT2D eigenvalue weighted by atomic mass is 10.2. The van der Waals surface area contributed by atoms with Gasteiger partial charge in [-0.25, -0.2) is 0 Å². The highest BCUT2D eigenvalue weighted by molar-refractivity contribution is 7.10. The van der Waals surface area contributed by atoms with Gasteiger partial charge < -0.3 is 15.1 Å². The zero-order chi connectivity index (χ0) is 13.4. The Hall–Kier alpha value is -0.860. The fourth-order valence-electron chi connectivity index (χ4n) is 1.50. The van der Waals surface area contributed by atoms with Crippen LogP contribution >= 0.6 is 11.3 Å². The third-order valence-electron chi connectivity index (χ3n) is 2.48. The quantitative estimate of drug-likeness (QED) is 0.771. The lowest BCUT2D eigenvalue weighted by molar-refractivity contribution is 0.163. The molecule has 0 saturated carbocycles. The summed E-state index contributed by atoms with van der Waals surface area (Å²) in [6.45, 7) is 3.71. The van der Waals surface area contributed by atoms with Crippen molar-refractivity contribution in [2.75, 3.05) is 20.2 Å². The van der Waals surface area contributed by atoms with Crippen LogP contribution < -0.4 is 0 Å². The van der Waals surface area contributed by atoms with E-state index >= 15 is 0 Å². The van der Waals surface area contributed by atoms with Gasteiger partial charge in [0.25, 0.3) is 0 Å². The van der Waals surface area contributed by atoms with Crippen LogP contribution in [-0.4, -0.2) is 41.4 Å². The average Bonchev–Trinajstić information content (AvgIpc) is 2.74. The van der Waals surface area contributed by atoms with E-state index in [1.807, 2.05) is 12.3 Å². The van der Waals surface area contributed by atoms with Crippen LogP contribution in [0.2, 0.25) is 0 Å². The predicted octanol–water partition coefficient (Wildman–Crippen LogP) is 1.68. The molecule has 4 heteroatoms. The molecule has 0 aromatic carbocycles. The molecule has 18 heavy (non-hydrogen) atoms. The second-order valence-electron chi connectivity index (χ2n) is 4.45. The summed E-state index contributed by atoms with van der Waals surface area (Å²) < 4.78 is 0. The molecular weight excluding hydrogens is 246 g/mol. The van der Waals surface area contributed by atoms with Crippen LogP contribution in [0.4, 0.5) is 0 Å². The second kappa shape index (κ2) is 8.28. The maximum atomic E-state index is 9.23. The lowest BCUT2D eigenvalue weighted by Crippen LogP contribution is -2.21. The fraction of sp³-hybridized carbons (Fsp3) is 0.571. The van der Waals surface area contributed by atoms with Crippen molar-refractivity contribution in [1.82, 2.24) is 4.90 Å². The molecule has 1 unspecified atom stereocenters. The average molecular weight is 267 g/mol. The lowest BCUT2D eigenvalue weighted by Gasteiger charge is -2.16. The maximum Gasteiger partial charge on any atom is 0.0540 e. The van der Waals surface area contributed by atoms with Gasteiger partial charge in [-0.2, -0.15) is 0 Å². The van der Waals surface area contributed by atoms with Crippen molar-refractivity contribution in [3.63, 3.8) is 0 Å². The van der Waals surface area contributed by atoms with Gasteiger partial charge in [-0.3, -0.25) is 0 Å². The number of nitrogens with zero attached hydrogens (tertiary/aromatic N) is 1. The van der Waals surface area contributed by atoms with Gasteiger partial charge in [0.1, 0.15) is 0 Å². The molecule has 1 atom stereocenters. The van der Waals surface area contributed by atoms with Crippen LogP contribution in [-0.2, 0) is 6.54 Å². The summed E-state index contributed by atoms with van der Waals surface area (Å²) in [6, 6.07) is 2.09. The molecular formula is C14H21NO2S. The third kappa shape index (κ3) is 6.18. The van der Waals surface area contributed by atoms with Gasteiger partial charge >= 0.3 is 0 Å². The first kappa shape index (κ1) is 15.2. The highest BCUT2D eigenvalue weighted by Gasteiger charge is 2.04. The first-order valence-corrected chi connectivity index (χ1v) is 7.03. The molecule has 0 fully saturated rings. The minimum Gasteiger partial charge on any atom is -0.395 e. The van der Waals surface area contributed by atoms with E-state index in [0.29, 0.717) is 6.42 Å². The number of aliphatic hydroxyl groups excluding tert-OH is 2. The topological polar surface area (TPSA) is 43.7 Å². The molecule has 0 aliphatic rings. The van der Waals surface area contributed by atoms with E-state index < -0.39 is 0 Å². The van der Waals surface area contributed by atoms with Gasteiger partial charge in [-0.15, -0.1) is 11.3 Å². The Morgan fingerprint density at radius 1 is 1.50 bits per heavy atom. The first-order valence-electron chi connectivity index (χ1n) is 6.15.